The van der Waals surface area contributed by atoms with Crippen molar-refractivity contribution >= 4 is 20.0 Å². The zero-order valence-corrected chi connectivity index (χ0v) is 13.5. The topological polar surface area (TPSA) is 93.2 Å². The molecule has 2 aliphatic heterocycles. The van der Waals surface area contributed by atoms with Gasteiger partial charge in [-0.2, -0.15) is 8.61 Å². The summed E-state index contributed by atoms with van der Waals surface area (Å²) in [6.07, 6.45) is -0.377. The fraction of sp³-hybridized carbons (Fsp3) is 1.00. The predicted molar refractivity (Wildman–Crippen MR) is 71.8 cm³/mol. The molecule has 0 N–H and O–H groups in total. The van der Waals surface area contributed by atoms with E-state index in [2.05, 4.69) is 0 Å². The van der Waals surface area contributed by atoms with Crippen molar-refractivity contribution in [1.29, 1.82) is 0 Å². The third-order valence-electron chi connectivity index (χ3n) is 3.57. The van der Waals surface area contributed by atoms with Crippen LogP contribution in [0.1, 0.15) is 13.8 Å². The molecule has 2 fully saturated rings. The average Bonchev–Trinajstić information content (AvgIpc) is 2.26. The average molecular weight is 328 g/mol. The number of ether oxygens (including phenoxy) is 2. The smallest absolute Gasteiger partial charge is 0.213 e. The maximum Gasteiger partial charge on any atom is 0.213 e. The van der Waals surface area contributed by atoms with E-state index in [0.29, 0.717) is 0 Å². The Morgan fingerprint density at radius 3 is 1.35 bits per heavy atom. The van der Waals surface area contributed by atoms with Crippen molar-refractivity contribution in [2.75, 3.05) is 25.6 Å². The van der Waals surface area contributed by atoms with Gasteiger partial charge in [0.15, 0.2) is 12.5 Å². The minimum atomic E-state index is -3.50. The van der Waals surface area contributed by atoms with Gasteiger partial charge in [0.05, 0.1) is 24.7 Å². The van der Waals surface area contributed by atoms with Gasteiger partial charge in [-0.05, 0) is 13.8 Å². The third-order valence-corrected chi connectivity index (χ3v) is 6.06. The molecule has 0 bridgehead atoms. The second-order valence-corrected chi connectivity index (χ2v) is 9.08. The number of hydrogen-bond donors (Lipinski definition) is 0. The Balaban J connectivity index is 2.38. The van der Waals surface area contributed by atoms with Crippen LogP contribution in [0.3, 0.4) is 0 Å². The van der Waals surface area contributed by atoms with E-state index in [9.17, 15) is 16.8 Å². The lowest BCUT2D eigenvalue weighted by Gasteiger charge is -2.49. The Morgan fingerprint density at radius 2 is 1.10 bits per heavy atom. The van der Waals surface area contributed by atoms with E-state index in [1.54, 1.807) is 13.8 Å². The van der Waals surface area contributed by atoms with Gasteiger partial charge in [0.1, 0.15) is 0 Å². The highest BCUT2D eigenvalue weighted by atomic mass is 32.2. The Morgan fingerprint density at radius 1 is 0.800 bits per heavy atom. The summed E-state index contributed by atoms with van der Waals surface area (Å²) in [7, 11) is -7.00. The molecule has 10 heteroatoms. The monoisotopic (exact) mass is 328 g/mol. The van der Waals surface area contributed by atoms with Crippen LogP contribution in [0.15, 0.2) is 0 Å². The Kier molecular flexibility index (Phi) is 4.17. The van der Waals surface area contributed by atoms with Crippen molar-refractivity contribution in [1.82, 2.24) is 8.61 Å². The molecule has 0 spiro atoms. The second-order valence-electron chi connectivity index (χ2n) is 5.21. The second kappa shape index (κ2) is 5.18. The largest absolute Gasteiger partial charge is 0.352 e. The summed E-state index contributed by atoms with van der Waals surface area (Å²) in [6.45, 7) is 3.64. The molecule has 0 radical (unpaired) electrons. The van der Waals surface area contributed by atoms with E-state index < -0.39 is 32.5 Å². The quantitative estimate of drug-likeness (QED) is 0.645. The fourth-order valence-electron chi connectivity index (χ4n) is 2.38. The minimum absolute atomic E-state index is 0.0531. The molecule has 0 aromatic heterocycles. The van der Waals surface area contributed by atoms with Crippen LogP contribution in [0.4, 0.5) is 0 Å². The van der Waals surface area contributed by atoms with Crippen molar-refractivity contribution in [3.8, 4) is 0 Å². The summed E-state index contributed by atoms with van der Waals surface area (Å²) in [5.41, 5.74) is 0. The third kappa shape index (κ3) is 3.00. The summed E-state index contributed by atoms with van der Waals surface area (Å²) in [5, 5.41) is 0. The SMILES string of the molecule is C[C@@H]1O[C@H]2[C@@H](O[C@@H]1C)N(S(C)(=O)=O)CCN2S(C)(=O)=O. The van der Waals surface area contributed by atoms with Crippen LogP contribution in [-0.2, 0) is 29.5 Å². The number of nitrogens with zero attached hydrogens (tertiary/aromatic N) is 2. The van der Waals surface area contributed by atoms with Gasteiger partial charge in [-0.15, -0.1) is 0 Å². The zero-order valence-electron chi connectivity index (χ0n) is 11.9. The number of piperazine rings is 1. The molecule has 0 aliphatic carbocycles. The van der Waals surface area contributed by atoms with E-state index in [4.69, 9.17) is 9.47 Å². The van der Waals surface area contributed by atoms with Gasteiger partial charge < -0.3 is 9.47 Å². The lowest BCUT2D eigenvalue weighted by molar-refractivity contribution is -0.275. The number of hydrogen-bond acceptors (Lipinski definition) is 6. The molecule has 0 amide bonds. The fourth-order valence-corrected chi connectivity index (χ4v) is 4.27. The predicted octanol–water partition coefficient (Wildman–Crippen LogP) is -1.00. The van der Waals surface area contributed by atoms with Gasteiger partial charge in [-0.1, -0.05) is 0 Å². The first-order valence-electron chi connectivity index (χ1n) is 6.26. The highest BCUT2D eigenvalue weighted by molar-refractivity contribution is 7.88. The van der Waals surface area contributed by atoms with Crippen LogP contribution in [0.2, 0.25) is 0 Å². The van der Waals surface area contributed by atoms with Gasteiger partial charge in [0.25, 0.3) is 0 Å². The first kappa shape index (κ1) is 16.1. The van der Waals surface area contributed by atoms with Crippen molar-refractivity contribution in [2.45, 2.75) is 38.5 Å². The highest BCUT2D eigenvalue weighted by Crippen LogP contribution is 2.30. The van der Waals surface area contributed by atoms with Gasteiger partial charge in [-0.25, -0.2) is 16.8 Å². The Hall–Kier alpha value is -0.260. The van der Waals surface area contributed by atoms with Crippen LogP contribution in [-0.4, -0.2) is 75.7 Å². The summed E-state index contributed by atoms with van der Waals surface area (Å²) in [6, 6.07) is 0. The Bertz CT molecular complexity index is 523. The lowest BCUT2D eigenvalue weighted by atomic mass is 10.2. The van der Waals surface area contributed by atoms with Crippen molar-refractivity contribution < 1.29 is 26.3 Å². The van der Waals surface area contributed by atoms with Crippen molar-refractivity contribution in [3.63, 3.8) is 0 Å². The van der Waals surface area contributed by atoms with E-state index in [0.717, 1.165) is 21.1 Å². The Labute approximate surface area is 119 Å². The molecule has 2 aliphatic rings. The van der Waals surface area contributed by atoms with Crippen LogP contribution < -0.4 is 0 Å². The standard InChI is InChI=1S/C10H20N2O6S2/c1-7-8(2)18-10-9(17-7)11(19(3,13)14)5-6-12(10)20(4,15)16/h7-10H,5-6H2,1-4H3/t7-,8+,9-,10+. The maximum absolute atomic E-state index is 11.8. The van der Waals surface area contributed by atoms with Crippen molar-refractivity contribution in [2.24, 2.45) is 0 Å². The van der Waals surface area contributed by atoms with E-state index >= 15 is 0 Å². The summed E-state index contributed by atoms with van der Waals surface area (Å²) in [4.78, 5) is 0. The van der Waals surface area contributed by atoms with Gasteiger partial charge >= 0.3 is 0 Å². The van der Waals surface area contributed by atoms with Crippen LogP contribution in [0.5, 0.6) is 0 Å². The molecule has 2 saturated heterocycles. The molecule has 0 aromatic rings. The van der Waals surface area contributed by atoms with Gasteiger partial charge in [0, 0.05) is 13.1 Å². The van der Waals surface area contributed by atoms with Gasteiger partial charge in [-0.3, -0.25) is 0 Å². The summed E-state index contributed by atoms with van der Waals surface area (Å²) >= 11 is 0. The summed E-state index contributed by atoms with van der Waals surface area (Å²) in [5.74, 6) is 0. The maximum atomic E-state index is 11.8. The van der Waals surface area contributed by atoms with Crippen LogP contribution >= 0.6 is 0 Å². The molecular weight excluding hydrogens is 308 g/mol. The molecule has 0 saturated carbocycles. The van der Waals surface area contributed by atoms with Crippen LogP contribution in [0, 0.1) is 0 Å². The number of rotatable bonds is 2. The number of sulfonamides is 2. The van der Waals surface area contributed by atoms with Crippen LogP contribution in [0.25, 0.3) is 0 Å². The van der Waals surface area contributed by atoms with E-state index in [-0.39, 0.29) is 25.3 Å². The number of fused-ring (bicyclic) bond motifs is 1. The molecule has 2 heterocycles. The molecule has 118 valence electrons. The first-order chi connectivity index (χ1) is 9.01. The molecule has 2 rings (SSSR count). The summed E-state index contributed by atoms with van der Waals surface area (Å²) < 4.78 is 60.9. The molecular formula is C10H20N2O6S2. The molecule has 0 unspecified atom stereocenters. The minimum Gasteiger partial charge on any atom is -0.352 e. The van der Waals surface area contributed by atoms with E-state index in [1.807, 2.05) is 0 Å². The lowest BCUT2D eigenvalue weighted by Crippen LogP contribution is -2.67. The molecule has 4 atom stereocenters. The molecule has 20 heavy (non-hydrogen) atoms. The normalized spacial score (nSPS) is 37.6. The van der Waals surface area contributed by atoms with E-state index in [1.165, 1.54) is 0 Å². The van der Waals surface area contributed by atoms with Gasteiger partial charge in [0.2, 0.25) is 20.0 Å². The zero-order chi connectivity index (χ0) is 15.3. The molecule has 8 nitrogen and oxygen atoms in total. The molecule has 0 aromatic carbocycles. The first-order valence-corrected chi connectivity index (χ1v) is 9.96. The van der Waals surface area contributed by atoms with Crippen molar-refractivity contribution in [3.05, 3.63) is 0 Å². The highest BCUT2D eigenvalue weighted by Gasteiger charge is 2.49.